The number of fused-ring (bicyclic) bond motifs is 1. The number of aryl methyl sites for hydroxylation is 2. The number of rotatable bonds is 8. The number of allylic oxidation sites excluding steroid dienone is 2. The molecular formula is C30H42O6. The first kappa shape index (κ1) is 26.9. The van der Waals surface area contributed by atoms with E-state index < -0.39 is 18.3 Å². The van der Waals surface area contributed by atoms with Gasteiger partial charge in [-0.05, 0) is 86.6 Å². The molecule has 6 nitrogen and oxygen atoms in total. The minimum absolute atomic E-state index is 0.0185. The molecule has 1 unspecified atom stereocenters. The van der Waals surface area contributed by atoms with E-state index in [1.165, 1.54) is 5.56 Å². The molecule has 1 aromatic carbocycles. The molecule has 36 heavy (non-hydrogen) atoms. The van der Waals surface area contributed by atoms with Crippen molar-refractivity contribution in [3.63, 3.8) is 0 Å². The minimum atomic E-state index is -0.703. The Labute approximate surface area is 215 Å². The van der Waals surface area contributed by atoms with Crippen LogP contribution in [0.1, 0.15) is 63.5 Å². The van der Waals surface area contributed by atoms with Crippen LogP contribution in [0.2, 0.25) is 0 Å². The summed E-state index contributed by atoms with van der Waals surface area (Å²) in [4.78, 5) is 13.3. The summed E-state index contributed by atoms with van der Waals surface area (Å²) in [5.41, 5.74) is 3.33. The summed E-state index contributed by atoms with van der Waals surface area (Å²) < 4.78 is 18.1. The van der Waals surface area contributed by atoms with Crippen molar-refractivity contribution in [2.75, 3.05) is 6.61 Å². The van der Waals surface area contributed by atoms with E-state index in [9.17, 15) is 15.0 Å². The van der Waals surface area contributed by atoms with Crippen molar-refractivity contribution in [1.82, 2.24) is 0 Å². The van der Waals surface area contributed by atoms with Gasteiger partial charge in [0, 0.05) is 18.9 Å². The number of hydrogen-bond donors (Lipinski definition) is 2. The smallest absolute Gasteiger partial charge is 0.347 e. The summed E-state index contributed by atoms with van der Waals surface area (Å²) in [6, 6.07) is 5.83. The van der Waals surface area contributed by atoms with Crippen LogP contribution in [0.3, 0.4) is 0 Å². The molecule has 0 radical (unpaired) electrons. The zero-order valence-electron chi connectivity index (χ0n) is 22.1. The molecule has 4 rings (SSSR count). The van der Waals surface area contributed by atoms with Gasteiger partial charge in [0.1, 0.15) is 11.9 Å². The second-order valence-corrected chi connectivity index (χ2v) is 10.9. The van der Waals surface area contributed by atoms with Gasteiger partial charge < -0.3 is 24.4 Å². The first-order valence-corrected chi connectivity index (χ1v) is 13.6. The third-order valence-electron chi connectivity index (χ3n) is 8.19. The van der Waals surface area contributed by atoms with Crippen molar-refractivity contribution in [1.29, 1.82) is 0 Å². The standard InChI is InChI=1S/C30H42O6/c1-5-27(35-25-9-7-18(2)20(4)14-25)30(33)36-28-17-23(32)15-21-8-6-19(3)26(29(21)28)11-10-24-16-22(31)12-13-34-24/h6-9,14-15,19,22-24,26-29,31-32H,5,10-13,16-17H2,1-4H3/t19-,22+,23+,24+,26-,27?,28-,29-/m0/s1. The third kappa shape index (κ3) is 6.39. The zero-order valence-corrected chi connectivity index (χ0v) is 22.1. The molecule has 0 bridgehead atoms. The number of carbonyl (C=O) groups excluding carboxylic acids is 1. The topological polar surface area (TPSA) is 85.2 Å². The van der Waals surface area contributed by atoms with Gasteiger partial charge in [-0.25, -0.2) is 4.79 Å². The van der Waals surface area contributed by atoms with Crippen LogP contribution in [-0.4, -0.2) is 53.3 Å². The normalized spacial score (nSPS) is 32.8. The van der Waals surface area contributed by atoms with Crippen LogP contribution in [0.5, 0.6) is 5.75 Å². The van der Waals surface area contributed by atoms with Crippen molar-refractivity contribution in [2.24, 2.45) is 17.8 Å². The summed E-state index contributed by atoms with van der Waals surface area (Å²) in [6.45, 7) is 8.79. The lowest BCUT2D eigenvalue weighted by atomic mass is 9.66. The highest BCUT2D eigenvalue weighted by Crippen LogP contribution is 2.44. The van der Waals surface area contributed by atoms with E-state index in [0.29, 0.717) is 44.0 Å². The second kappa shape index (κ2) is 11.9. The molecule has 1 heterocycles. The minimum Gasteiger partial charge on any atom is -0.479 e. The van der Waals surface area contributed by atoms with Crippen molar-refractivity contribution >= 4 is 5.97 Å². The van der Waals surface area contributed by atoms with Crippen LogP contribution in [0.15, 0.2) is 42.0 Å². The quantitative estimate of drug-likeness (QED) is 0.500. The highest BCUT2D eigenvalue weighted by atomic mass is 16.6. The van der Waals surface area contributed by atoms with Crippen LogP contribution in [0.25, 0.3) is 0 Å². The van der Waals surface area contributed by atoms with Gasteiger partial charge in [0.2, 0.25) is 0 Å². The van der Waals surface area contributed by atoms with E-state index in [-0.39, 0.29) is 30.0 Å². The Bertz CT molecular complexity index is 968. The predicted octanol–water partition coefficient (Wildman–Crippen LogP) is 4.82. The lowest BCUT2D eigenvalue weighted by Gasteiger charge is -2.43. The fourth-order valence-corrected chi connectivity index (χ4v) is 5.90. The van der Waals surface area contributed by atoms with Crippen molar-refractivity contribution in [3.8, 4) is 5.75 Å². The van der Waals surface area contributed by atoms with E-state index in [1.54, 1.807) is 0 Å². The lowest BCUT2D eigenvalue weighted by molar-refractivity contribution is -0.163. The molecule has 0 aromatic heterocycles. The molecule has 6 heteroatoms. The first-order valence-electron chi connectivity index (χ1n) is 13.6. The third-order valence-corrected chi connectivity index (χ3v) is 8.19. The molecule has 0 spiro atoms. The van der Waals surface area contributed by atoms with Gasteiger partial charge in [-0.1, -0.05) is 38.1 Å². The first-order chi connectivity index (χ1) is 17.2. The van der Waals surface area contributed by atoms with Crippen LogP contribution >= 0.6 is 0 Å². The number of esters is 1. The van der Waals surface area contributed by atoms with Gasteiger partial charge in [0.15, 0.2) is 6.10 Å². The molecule has 0 amide bonds. The fourth-order valence-electron chi connectivity index (χ4n) is 5.90. The van der Waals surface area contributed by atoms with Gasteiger partial charge in [0.05, 0.1) is 18.3 Å². The lowest BCUT2D eigenvalue weighted by Crippen LogP contribution is -2.44. The maximum Gasteiger partial charge on any atom is 0.347 e. The Hall–Kier alpha value is -2.15. The Morgan fingerprint density at radius 1 is 1.17 bits per heavy atom. The number of aliphatic hydroxyl groups excluding tert-OH is 2. The molecule has 1 saturated heterocycles. The van der Waals surface area contributed by atoms with E-state index >= 15 is 0 Å². The fraction of sp³-hybridized carbons (Fsp3) is 0.633. The number of carbonyl (C=O) groups is 1. The summed E-state index contributed by atoms with van der Waals surface area (Å²) in [6.07, 6.45) is 8.22. The number of hydrogen-bond acceptors (Lipinski definition) is 6. The average Bonchev–Trinajstić information content (AvgIpc) is 2.84. The van der Waals surface area contributed by atoms with E-state index in [4.69, 9.17) is 14.2 Å². The van der Waals surface area contributed by atoms with Crippen LogP contribution in [0, 0.1) is 31.6 Å². The molecule has 2 aliphatic carbocycles. The number of benzene rings is 1. The highest BCUT2D eigenvalue weighted by Gasteiger charge is 2.43. The van der Waals surface area contributed by atoms with Crippen molar-refractivity contribution in [3.05, 3.63) is 53.1 Å². The molecule has 0 saturated carbocycles. The molecule has 8 atom stereocenters. The molecule has 2 N–H and O–H groups in total. The SMILES string of the molecule is CCC(Oc1ccc(C)c(C)c1)C(=O)O[C@H]1C[C@H](O)C=C2C=C[C@H](C)[C@H](CC[C@@H]3C[C@H](O)CCO3)[C@H]21. The molecular weight excluding hydrogens is 456 g/mol. The number of aliphatic hydroxyl groups is 2. The Balaban J connectivity index is 1.47. The average molecular weight is 499 g/mol. The van der Waals surface area contributed by atoms with E-state index in [2.05, 4.69) is 19.1 Å². The van der Waals surface area contributed by atoms with Crippen molar-refractivity contribution in [2.45, 2.75) is 96.7 Å². The monoisotopic (exact) mass is 498 g/mol. The Morgan fingerprint density at radius 2 is 1.97 bits per heavy atom. The summed E-state index contributed by atoms with van der Waals surface area (Å²) in [5.74, 6) is 0.868. The van der Waals surface area contributed by atoms with Crippen molar-refractivity contribution < 1.29 is 29.2 Å². The maximum absolute atomic E-state index is 13.3. The molecule has 1 aliphatic heterocycles. The molecule has 1 aromatic rings. The number of ether oxygens (including phenoxy) is 3. The molecule has 1 fully saturated rings. The van der Waals surface area contributed by atoms with Crippen LogP contribution in [-0.2, 0) is 14.3 Å². The Morgan fingerprint density at radius 3 is 2.69 bits per heavy atom. The summed E-state index contributed by atoms with van der Waals surface area (Å²) >= 11 is 0. The van der Waals surface area contributed by atoms with E-state index in [1.807, 2.05) is 45.0 Å². The largest absolute Gasteiger partial charge is 0.479 e. The highest BCUT2D eigenvalue weighted by molar-refractivity contribution is 5.75. The van der Waals surface area contributed by atoms with E-state index in [0.717, 1.165) is 24.0 Å². The van der Waals surface area contributed by atoms with Gasteiger partial charge in [0.25, 0.3) is 0 Å². The molecule has 3 aliphatic rings. The van der Waals surface area contributed by atoms with Crippen LogP contribution in [0.4, 0.5) is 0 Å². The van der Waals surface area contributed by atoms with Gasteiger partial charge in [-0.3, -0.25) is 0 Å². The maximum atomic E-state index is 13.3. The van der Waals surface area contributed by atoms with Gasteiger partial charge in [-0.2, -0.15) is 0 Å². The summed E-state index contributed by atoms with van der Waals surface area (Å²) in [5, 5.41) is 20.6. The summed E-state index contributed by atoms with van der Waals surface area (Å²) in [7, 11) is 0. The van der Waals surface area contributed by atoms with Gasteiger partial charge >= 0.3 is 5.97 Å². The Kier molecular flexibility index (Phi) is 8.91. The second-order valence-electron chi connectivity index (χ2n) is 10.9. The zero-order chi connectivity index (χ0) is 25.8. The predicted molar refractivity (Wildman–Crippen MR) is 139 cm³/mol. The van der Waals surface area contributed by atoms with Gasteiger partial charge in [-0.15, -0.1) is 0 Å². The molecule has 198 valence electrons. The van der Waals surface area contributed by atoms with Crippen LogP contribution < -0.4 is 4.74 Å².